The molecule has 134 valence electrons. The van der Waals surface area contributed by atoms with Crippen LogP contribution in [-0.2, 0) is 13.0 Å². The number of aromatic nitrogens is 3. The summed E-state index contributed by atoms with van der Waals surface area (Å²) in [4.78, 5) is 20.3. The number of nitrogens with zero attached hydrogens (tertiary/aromatic N) is 4. The molecule has 1 unspecified atom stereocenters. The summed E-state index contributed by atoms with van der Waals surface area (Å²) in [5.74, 6) is -0.0461. The van der Waals surface area contributed by atoms with Gasteiger partial charge in [0.15, 0.2) is 0 Å². The second-order valence-corrected chi connectivity index (χ2v) is 7.54. The molecule has 0 aliphatic carbocycles. The van der Waals surface area contributed by atoms with E-state index in [1.54, 1.807) is 11.0 Å². The van der Waals surface area contributed by atoms with Crippen LogP contribution < -0.4 is 5.32 Å². The van der Waals surface area contributed by atoms with Crippen LogP contribution in [0, 0.1) is 0 Å². The van der Waals surface area contributed by atoms with Gasteiger partial charge in [-0.1, -0.05) is 0 Å². The smallest absolute Gasteiger partial charge is 0.251 e. The van der Waals surface area contributed by atoms with Crippen LogP contribution in [0.1, 0.15) is 27.7 Å². The molecule has 1 aliphatic rings. The molecule has 0 fully saturated rings. The van der Waals surface area contributed by atoms with E-state index in [0.29, 0.717) is 18.2 Å². The van der Waals surface area contributed by atoms with Gasteiger partial charge in [0.05, 0.1) is 5.69 Å². The lowest BCUT2D eigenvalue weighted by molar-refractivity contribution is 0.0932. The Bertz CT molecular complexity index is 872. The van der Waals surface area contributed by atoms with E-state index < -0.39 is 0 Å². The van der Waals surface area contributed by atoms with Crippen LogP contribution in [0.15, 0.2) is 48.4 Å². The van der Waals surface area contributed by atoms with E-state index in [2.05, 4.69) is 38.7 Å². The van der Waals surface area contributed by atoms with Crippen molar-refractivity contribution in [1.82, 2.24) is 25.0 Å². The summed E-state index contributed by atoms with van der Waals surface area (Å²) in [6, 6.07) is 9.89. The summed E-state index contributed by atoms with van der Waals surface area (Å²) >= 11 is 1.85. The van der Waals surface area contributed by atoms with Gasteiger partial charge in [0.25, 0.3) is 5.91 Å². The molecule has 3 heterocycles. The largest absolute Gasteiger partial charge is 0.350 e. The van der Waals surface area contributed by atoms with E-state index in [4.69, 9.17) is 0 Å². The highest BCUT2D eigenvalue weighted by Crippen LogP contribution is 2.25. The lowest BCUT2D eigenvalue weighted by Crippen LogP contribution is -2.44. The van der Waals surface area contributed by atoms with Crippen molar-refractivity contribution >= 4 is 17.2 Å². The molecule has 0 spiro atoms. The van der Waals surface area contributed by atoms with E-state index in [9.17, 15) is 4.79 Å². The number of benzene rings is 1. The molecule has 6 nitrogen and oxygen atoms in total. The van der Waals surface area contributed by atoms with Crippen LogP contribution in [0.3, 0.4) is 0 Å². The van der Waals surface area contributed by atoms with Gasteiger partial charge < -0.3 is 5.32 Å². The zero-order chi connectivity index (χ0) is 17.9. The van der Waals surface area contributed by atoms with Crippen LogP contribution in [0.5, 0.6) is 0 Å². The van der Waals surface area contributed by atoms with Crippen molar-refractivity contribution in [2.45, 2.75) is 25.9 Å². The third-order valence-electron chi connectivity index (χ3n) is 4.83. The first-order chi connectivity index (χ1) is 12.7. The predicted octanol–water partition coefficient (Wildman–Crippen LogP) is 2.51. The molecule has 3 aromatic rings. The Balaban J connectivity index is 1.32. The Morgan fingerprint density at radius 3 is 2.92 bits per heavy atom. The summed E-state index contributed by atoms with van der Waals surface area (Å²) < 4.78 is 1.67. The molecule has 4 rings (SSSR count). The molecule has 7 heteroatoms. The van der Waals surface area contributed by atoms with Gasteiger partial charge in [-0.3, -0.25) is 9.69 Å². The van der Waals surface area contributed by atoms with Crippen LogP contribution in [0.4, 0.5) is 0 Å². The van der Waals surface area contributed by atoms with Gasteiger partial charge in [-0.05, 0) is 54.6 Å². The Labute approximate surface area is 156 Å². The third-order valence-corrected chi connectivity index (χ3v) is 5.85. The fraction of sp³-hybridized carbons (Fsp3) is 0.316. The van der Waals surface area contributed by atoms with Gasteiger partial charge in [-0.2, -0.15) is 5.10 Å². The van der Waals surface area contributed by atoms with Crippen LogP contribution >= 0.6 is 11.3 Å². The standard InChI is InChI=1S/C19H21N5OS/c1-14(23-8-6-18-16(11-23)7-9-26-18)10-21-19(25)15-2-4-17(5-3-15)24-13-20-12-22-24/h2-5,7,9,12-14H,6,8,10-11H2,1H3,(H,21,25). The number of nitrogens with one attached hydrogen (secondary N) is 1. The number of carbonyl (C=O) groups is 1. The average molecular weight is 367 g/mol. The maximum atomic E-state index is 12.4. The summed E-state index contributed by atoms with van der Waals surface area (Å²) in [6.45, 7) is 4.84. The molecule has 1 N–H and O–H groups in total. The number of amides is 1. The molecule has 1 aliphatic heterocycles. The van der Waals surface area contributed by atoms with Crippen LogP contribution in [-0.4, -0.2) is 44.7 Å². The molecule has 0 bridgehead atoms. The van der Waals surface area contributed by atoms with Crippen molar-refractivity contribution in [3.8, 4) is 5.69 Å². The van der Waals surface area contributed by atoms with Gasteiger partial charge in [0, 0.05) is 36.1 Å². The molecule has 2 aromatic heterocycles. The van der Waals surface area contributed by atoms with Gasteiger partial charge in [-0.25, -0.2) is 9.67 Å². The van der Waals surface area contributed by atoms with Crippen molar-refractivity contribution in [1.29, 1.82) is 0 Å². The average Bonchev–Trinajstić information content (AvgIpc) is 3.37. The molecule has 1 atom stereocenters. The fourth-order valence-electron chi connectivity index (χ4n) is 3.23. The highest BCUT2D eigenvalue weighted by atomic mass is 32.1. The highest BCUT2D eigenvalue weighted by Gasteiger charge is 2.21. The Hall–Kier alpha value is -2.51. The van der Waals surface area contributed by atoms with E-state index in [-0.39, 0.29) is 5.91 Å². The lowest BCUT2D eigenvalue weighted by atomic mass is 10.1. The molecule has 26 heavy (non-hydrogen) atoms. The van der Waals surface area contributed by atoms with Crippen molar-refractivity contribution in [3.05, 3.63) is 64.4 Å². The fourth-order valence-corrected chi connectivity index (χ4v) is 4.11. The molecular formula is C19H21N5OS. The molecular weight excluding hydrogens is 346 g/mol. The van der Waals surface area contributed by atoms with Gasteiger partial charge in [0.1, 0.15) is 12.7 Å². The monoisotopic (exact) mass is 367 g/mol. The number of carbonyl (C=O) groups excluding carboxylic acids is 1. The lowest BCUT2D eigenvalue weighted by Gasteiger charge is -2.32. The van der Waals surface area contributed by atoms with E-state index in [1.165, 1.54) is 16.8 Å². The van der Waals surface area contributed by atoms with Gasteiger partial charge >= 0.3 is 0 Å². The molecule has 0 radical (unpaired) electrons. The minimum Gasteiger partial charge on any atom is -0.350 e. The van der Waals surface area contributed by atoms with Crippen LogP contribution in [0.25, 0.3) is 5.69 Å². The molecule has 0 saturated carbocycles. The minimum absolute atomic E-state index is 0.0461. The quantitative estimate of drug-likeness (QED) is 0.753. The summed E-state index contributed by atoms with van der Waals surface area (Å²) in [7, 11) is 0. The zero-order valence-corrected chi connectivity index (χ0v) is 15.4. The maximum Gasteiger partial charge on any atom is 0.251 e. The summed E-state index contributed by atoms with van der Waals surface area (Å²) in [6.07, 6.45) is 4.23. The normalized spacial score (nSPS) is 15.4. The number of hydrogen-bond donors (Lipinski definition) is 1. The minimum atomic E-state index is -0.0461. The Kier molecular flexibility index (Phi) is 4.81. The SMILES string of the molecule is CC(CNC(=O)c1ccc(-n2cncn2)cc1)N1CCc2sccc2C1. The first kappa shape index (κ1) is 16.9. The topological polar surface area (TPSA) is 63.1 Å². The first-order valence-corrected chi connectivity index (χ1v) is 9.61. The van der Waals surface area contributed by atoms with Crippen molar-refractivity contribution in [2.24, 2.45) is 0 Å². The van der Waals surface area contributed by atoms with E-state index in [0.717, 1.165) is 25.2 Å². The highest BCUT2D eigenvalue weighted by molar-refractivity contribution is 7.10. The van der Waals surface area contributed by atoms with Gasteiger partial charge in [-0.15, -0.1) is 11.3 Å². The Morgan fingerprint density at radius 2 is 2.15 bits per heavy atom. The second-order valence-electron chi connectivity index (χ2n) is 6.54. The maximum absolute atomic E-state index is 12.4. The number of thiophene rings is 1. The summed E-state index contributed by atoms with van der Waals surface area (Å²) in [5.41, 5.74) is 2.97. The van der Waals surface area contributed by atoms with E-state index >= 15 is 0 Å². The molecule has 1 amide bonds. The predicted molar refractivity (Wildman–Crippen MR) is 102 cm³/mol. The van der Waals surface area contributed by atoms with E-state index in [1.807, 2.05) is 35.6 Å². The Morgan fingerprint density at radius 1 is 1.31 bits per heavy atom. The van der Waals surface area contributed by atoms with Gasteiger partial charge in [0.2, 0.25) is 0 Å². The molecule has 1 aromatic carbocycles. The third kappa shape index (κ3) is 3.54. The summed E-state index contributed by atoms with van der Waals surface area (Å²) in [5, 5.41) is 9.31. The zero-order valence-electron chi connectivity index (χ0n) is 14.6. The van der Waals surface area contributed by atoms with Crippen LogP contribution in [0.2, 0.25) is 0 Å². The number of fused-ring (bicyclic) bond motifs is 1. The van der Waals surface area contributed by atoms with Crippen molar-refractivity contribution < 1.29 is 4.79 Å². The van der Waals surface area contributed by atoms with Crippen molar-refractivity contribution in [3.63, 3.8) is 0 Å². The molecule has 0 saturated heterocycles. The second kappa shape index (κ2) is 7.39. The first-order valence-electron chi connectivity index (χ1n) is 8.73. The van der Waals surface area contributed by atoms with Crippen molar-refractivity contribution in [2.75, 3.05) is 13.1 Å². The number of hydrogen-bond acceptors (Lipinski definition) is 5. The number of rotatable bonds is 5.